The minimum Gasteiger partial charge on any atom is -0.507 e. The maximum Gasteiger partial charge on any atom is 0.244 e. The molecule has 3 rings (SSSR count). The Morgan fingerprint density at radius 1 is 1.27 bits per heavy atom. The summed E-state index contributed by atoms with van der Waals surface area (Å²) >= 11 is 2.98. The second kappa shape index (κ2) is 6.54. The van der Waals surface area contributed by atoms with Crippen molar-refractivity contribution in [2.75, 3.05) is 0 Å². The molecule has 0 unspecified atom stereocenters. The molecule has 0 saturated heterocycles. The molecule has 0 bridgehead atoms. The molecule has 0 aliphatic heterocycles. The molecule has 22 heavy (non-hydrogen) atoms. The van der Waals surface area contributed by atoms with Crippen LogP contribution in [0, 0.1) is 0 Å². The van der Waals surface area contributed by atoms with Crippen LogP contribution < -0.4 is 0 Å². The molecule has 0 radical (unpaired) electrons. The van der Waals surface area contributed by atoms with Gasteiger partial charge in [0.05, 0.1) is 0 Å². The molecule has 0 aliphatic rings. The van der Waals surface area contributed by atoms with Gasteiger partial charge in [-0.15, -0.1) is 10.2 Å². The van der Waals surface area contributed by atoms with E-state index in [4.69, 9.17) is 0 Å². The summed E-state index contributed by atoms with van der Waals surface area (Å²) in [5.41, 5.74) is 0.607. The van der Waals surface area contributed by atoms with Crippen molar-refractivity contribution in [2.45, 2.75) is 9.79 Å². The number of ketones is 1. The number of aliphatic hydroxyl groups excluding tert-OH is 1. The molecule has 8 heteroatoms. The molecule has 2 heterocycles. The fourth-order valence-corrected chi connectivity index (χ4v) is 3.66. The lowest BCUT2D eigenvalue weighted by atomic mass is 10.2. The molecule has 0 amide bonds. The van der Waals surface area contributed by atoms with Crippen LogP contribution in [-0.4, -0.2) is 31.5 Å². The summed E-state index contributed by atoms with van der Waals surface area (Å²) in [4.78, 5) is 13.8. The molecular formula is C14H10N4O2S2. The van der Waals surface area contributed by atoms with E-state index >= 15 is 0 Å². The van der Waals surface area contributed by atoms with Crippen LogP contribution in [0.2, 0.25) is 0 Å². The second-order valence-corrected chi connectivity index (χ2v) is 6.05. The molecule has 0 saturated carbocycles. The normalized spacial score (nSPS) is 11.5. The van der Waals surface area contributed by atoms with E-state index in [1.54, 1.807) is 5.38 Å². The van der Waals surface area contributed by atoms with Crippen LogP contribution in [0.1, 0.15) is 16.2 Å². The first-order valence-corrected chi connectivity index (χ1v) is 7.98. The molecule has 1 aromatic carbocycles. The highest BCUT2D eigenvalue weighted by Crippen LogP contribution is 2.35. The van der Waals surface area contributed by atoms with E-state index in [0.717, 1.165) is 15.9 Å². The summed E-state index contributed by atoms with van der Waals surface area (Å²) in [7, 11) is 0. The Balaban J connectivity index is 1.83. The van der Waals surface area contributed by atoms with E-state index in [1.165, 1.54) is 23.1 Å². The first kappa shape index (κ1) is 14.5. The molecule has 110 valence electrons. The topological polar surface area (TPSA) is 91.8 Å². The van der Waals surface area contributed by atoms with Gasteiger partial charge in [0.1, 0.15) is 5.76 Å². The van der Waals surface area contributed by atoms with E-state index in [1.807, 2.05) is 35.7 Å². The maximum absolute atomic E-state index is 11.9. The SMILES string of the molecule is O=C(C=C(O)c1cscc1Sc1ccccc1)c1nn[nH]n1. The van der Waals surface area contributed by atoms with Gasteiger partial charge < -0.3 is 5.11 Å². The number of aromatic amines is 1. The van der Waals surface area contributed by atoms with Crippen molar-refractivity contribution in [3.8, 4) is 0 Å². The van der Waals surface area contributed by atoms with Crippen LogP contribution in [0.5, 0.6) is 0 Å². The lowest BCUT2D eigenvalue weighted by Gasteiger charge is -2.03. The smallest absolute Gasteiger partial charge is 0.244 e. The number of benzene rings is 1. The predicted octanol–water partition coefficient (Wildman–Crippen LogP) is 3.19. The summed E-state index contributed by atoms with van der Waals surface area (Å²) in [6.45, 7) is 0. The van der Waals surface area contributed by atoms with Gasteiger partial charge in [0, 0.05) is 32.2 Å². The van der Waals surface area contributed by atoms with E-state index < -0.39 is 5.78 Å². The number of hydrogen-bond donors (Lipinski definition) is 2. The number of tetrazole rings is 1. The first-order valence-electron chi connectivity index (χ1n) is 6.22. The molecule has 2 N–H and O–H groups in total. The van der Waals surface area contributed by atoms with Gasteiger partial charge in [0.2, 0.25) is 11.6 Å². The summed E-state index contributed by atoms with van der Waals surface area (Å²) in [6.07, 6.45) is 1.10. The van der Waals surface area contributed by atoms with E-state index in [2.05, 4.69) is 20.6 Å². The highest BCUT2D eigenvalue weighted by Gasteiger charge is 2.14. The van der Waals surface area contributed by atoms with Gasteiger partial charge in [-0.05, 0) is 17.3 Å². The van der Waals surface area contributed by atoms with Gasteiger partial charge in [-0.1, -0.05) is 30.0 Å². The zero-order valence-corrected chi connectivity index (χ0v) is 12.8. The number of H-pyrrole nitrogens is 1. The van der Waals surface area contributed by atoms with Crippen molar-refractivity contribution in [2.24, 2.45) is 0 Å². The van der Waals surface area contributed by atoms with Crippen molar-refractivity contribution in [3.63, 3.8) is 0 Å². The Morgan fingerprint density at radius 3 is 2.82 bits per heavy atom. The second-order valence-electron chi connectivity index (χ2n) is 4.19. The molecule has 0 fully saturated rings. The summed E-state index contributed by atoms with van der Waals surface area (Å²) in [6, 6.07) is 9.81. The minimum absolute atomic E-state index is 0.0842. The van der Waals surface area contributed by atoms with Crippen molar-refractivity contribution in [1.29, 1.82) is 0 Å². The lowest BCUT2D eigenvalue weighted by molar-refractivity contribution is 0.103. The Hall–Kier alpha value is -2.45. The van der Waals surface area contributed by atoms with E-state index in [-0.39, 0.29) is 11.6 Å². The fourth-order valence-electron chi connectivity index (χ4n) is 1.70. The number of nitrogens with zero attached hydrogens (tertiary/aromatic N) is 3. The number of carbonyl (C=O) groups is 1. The third-order valence-electron chi connectivity index (χ3n) is 2.71. The number of carbonyl (C=O) groups excluding carboxylic acids is 1. The van der Waals surface area contributed by atoms with Gasteiger partial charge in [0.25, 0.3) is 0 Å². The van der Waals surface area contributed by atoms with Gasteiger partial charge in [0.15, 0.2) is 0 Å². The molecule has 2 aromatic heterocycles. The predicted molar refractivity (Wildman–Crippen MR) is 84.0 cm³/mol. The van der Waals surface area contributed by atoms with E-state index in [9.17, 15) is 9.90 Å². The first-order chi connectivity index (χ1) is 10.7. The standard InChI is InChI=1S/C14H10N4O2S2/c19-11(6-12(20)14-15-17-18-16-14)10-7-21-8-13(10)22-9-4-2-1-3-5-9/h1-8,19H,(H,15,16,17,18). The van der Waals surface area contributed by atoms with Gasteiger partial charge >= 0.3 is 0 Å². The average molecular weight is 330 g/mol. The Bertz CT molecular complexity index is 797. The quantitative estimate of drug-likeness (QED) is 0.424. The van der Waals surface area contributed by atoms with Crippen LogP contribution in [0.15, 0.2) is 57.0 Å². The maximum atomic E-state index is 11.9. The molecule has 0 aliphatic carbocycles. The summed E-state index contributed by atoms with van der Waals surface area (Å²) in [5.74, 6) is -0.707. The number of aliphatic hydroxyl groups is 1. The third kappa shape index (κ3) is 3.23. The van der Waals surface area contributed by atoms with E-state index in [0.29, 0.717) is 5.56 Å². The van der Waals surface area contributed by atoms with Crippen molar-refractivity contribution < 1.29 is 9.90 Å². The average Bonchev–Trinajstić information content (AvgIpc) is 3.19. The molecule has 6 nitrogen and oxygen atoms in total. The van der Waals surface area contributed by atoms with Crippen molar-refractivity contribution in [3.05, 3.63) is 58.6 Å². The van der Waals surface area contributed by atoms with Crippen LogP contribution in [0.4, 0.5) is 0 Å². The largest absolute Gasteiger partial charge is 0.507 e. The highest BCUT2D eigenvalue weighted by molar-refractivity contribution is 7.99. The lowest BCUT2D eigenvalue weighted by Crippen LogP contribution is -1.99. The minimum atomic E-state index is -0.506. The monoisotopic (exact) mass is 330 g/mol. The Morgan fingerprint density at radius 2 is 2.09 bits per heavy atom. The molecule has 3 aromatic rings. The molecule has 0 atom stereocenters. The Kier molecular flexibility index (Phi) is 4.31. The zero-order valence-electron chi connectivity index (χ0n) is 11.1. The van der Waals surface area contributed by atoms with Gasteiger partial charge in [-0.25, -0.2) is 0 Å². The summed E-state index contributed by atoms with van der Waals surface area (Å²) < 4.78 is 0. The van der Waals surface area contributed by atoms with Crippen LogP contribution in [0.25, 0.3) is 5.76 Å². The number of rotatable bonds is 5. The molecular weight excluding hydrogens is 320 g/mol. The van der Waals surface area contributed by atoms with Crippen LogP contribution in [0.3, 0.4) is 0 Å². The van der Waals surface area contributed by atoms with Gasteiger partial charge in [-0.3, -0.25) is 4.79 Å². The number of aromatic nitrogens is 4. The highest BCUT2D eigenvalue weighted by atomic mass is 32.2. The number of thiophene rings is 1. The summed E-state index contributed by atoms with van der Waals surface area (Å²) in [5, 5.41) is 26.6. The van der Waals surface area contributed by atoms with Crippen molar-refractivity contribution in [1.82, 2.24) is 20.6 Å². The number of allylic oxidation sites excluding steroid dienone is 1. The van der Waals surface area contributed by atoms with Crippen LogP contribution in [-0.2, 0) is 0 Å². The third-order valence-corrected chi connectivity index (χ3v) is 4.67. The molecule has 0 spiro atoms. The number of nitrogens with one attached hydrogen (secondary N) is 1. The Labute approximate surface area is 133 Å². The number of hydrogen-bond acceptors (Lipinski definition) is 7. The van der Waals surface area contributed by atoms with Crippen molar-refractivity contribution >= 4 is 34.6 Å². The fraction of sp³-hybridized carbons (Fsp3) is 0. The van der Waals surface area contributed by atoms with Gasteiger partial charge in [-0.2, -0.15) is 16.6 Å². The van der Waals surface area contributed by atoms with Crippen LogP contribution >= 0.6 is 23.1 Å². The zero-order chi connectivity index (χ0) is 15.4.